The molecular weight excluding hydrogens is 389 g/mol. The van der Waals surface area contributed by atoms with Gasteiger partial charge in [-0.2, -0.15) is 0 Å². The Kier molecular flexibility index (Phi) is 5.24. The number of terminal acetylenes is 1. The molecule has 0 radical (unpaired) electrons. The third kappa shape index (κ3) is 3.69. The topological polar surface area (TPSA) is 47.6 Å². The molecule has 3 aromatic rings. The summed E-state index contributed by atoms with van der Waals surface area (Å²) in [5.41, 5.74) is 3.50. The molecule has 1 atom stereocenters. The van der Waals surface area contributed by atoms with E-state index in [1.54, 1.807) is 30.6 Å². The van der Waals surface area contributed by atoms with Gasteiger partial charge >= 0.3 is 0 Å². The number of hydrogen-bond donors (Lipinski definition) is 1. The average Bonchev–Trinajstić information content (AvgIpc) is 3.15. The summed E-state index contributed by atoms with van der Waals surface area (Å²) in [5.74, 6) is 3.11. The lowest BCUT2D eigenvalue weighted by molar-refractivity contribution is -0.116. The van der Waals surface area contributed by atoms with Gasteiger partial charge in [0.2, 0.25) is 5.91 Å². The van der Waals surface area contributed by atoms with Crippen LogP contribution in [0.3, 0.4) is 0 Å². The smallest absolute Gasteiger partial charge is 0.225 e. The lowest BCUT2D eigenvalue weighted by Gasteiger charge is -2.24. The van der Waals surface area contributed by atoms with Crippen molar-refractivity contribution in [2.75, 3.05) is 19.0 Å². The number of anilines is 1. The standard InChI is InChI=1S/C23H18FNO3S/c1-3-10-28-19-9-6-15(11-20(19)27-2)17-12-21(26)25-22-18(13-29-23(17)22)14-4-7-16(24)8-5-14/h1,4-9,11,13,17H,10,12H2,2H3,(H,25,26)/t17-/m1/s1. The zero-order chi connectivity index (χ0) is 20.4. The summed E-state index contributed by atoms with van der Waals surface area (Å²) in [6.07, 6.45) is 5.60. The highest BCUT2D eigenvalue weighted by atomic mass is 32.1. The summed E-state index contributed by atoms with van der Waals surface area (Å²) in [5, 5.41) is 4.99. The van der Waals surface area contributed by atoms with Crippen molar-refractivity contribution in [1.82, 2.24) is 0 Å². The summed E-state index contributed by atoms with van der Waals surface area (Å²) in [7, 11) is 1.57. The van der Waals surface area contributed by atoms with Crippen LogP contribution >= 0.6 is 11.3 Å². The summed E-state index contributed by atoms with van der Waals surface area (Å²) in [6, 6.07) is 11.9. The minimum atomic E-state index is -0.293. The maximum absolute atomic E-state index is 13.3. The number of carbonyl (C=O) groups excluding carboxylic acids is 1. The predicted molar refractivity (Wildman–Crippen MR) is 112 cm³/mol. The van der Waals surface area contributed by atoms with E-state index in [4.69, 9.17) is 15.9 Å². The van der Waals surface area contributed by atoms with E-state index >= 15 is 0 Å². The highest BCUT2D eigenvalue weighted by Gasteiger charge is 2.31. The largest absolute Gasteiger partial charge is 0.493 e. The van der Waals surface area contributed by atoms with E-state index in [1.165, 1.54) is 12.1 Å². The third-order valence-corrected chi connectivity index (χ3v) is 5.94. The Morgan fingerprint density at radius 3 is 2.76 bits per heavy atom. The van der Waals surface area contributed by atoms with Gasteiger partial charge in [0.15, 0.2) is 11.5 Å². The lowest BCUT2D eigenvalue weighted by Crippen LogP contribution is -2.22. The Morgan fingerprint density at radius 2 is 2.03 bits per heavy atom. The van der Waals surface area contributed by atoms with Crippen molar-refractivity contribution in [1.29, 1.82) is 0 Å². The van der Waals surface area contributed by atoms with Gasteiger partial charge in [-0.25, -0.2) is 4.39 Å². The molecule has 1 N–H and O–H groups in total. The summed E-state index contributed by atoms with van der Waals surface area (Å²) >= 11 is 1.58. The molecule has 1 aliphatic rings. The molecule has 2 aromatic carbocycles. The second-order valence-corrected chi connectivity index (χ2v) is 7.51. The number of amides is 1. The number of hydrogen-bond acceptors (Lipinski definition) is 4. The van der Waals surface area contributed by atoms with Gasteiger partial charge < -0.3 is 14.8 Å². The Morgan fingerprint density at radius 1 is 1.24 bits per heavy atom. The van der Waals surface area contributed by atoms with Crippen molar-refractivity contribution in [3.63, 3.8) is 0 Å². The number of methoxy groups -OCH3 is 1. The first-order chi connectivity index (χ1) is 14.1. The molecule has 0 aliphatic carbocycles. The van der Waals surface area contributed by atoms with Gasteiger partial charge in [-0.1, -0.05) is 24.1 Å². The van der Waals surface area contributed by atoms with Crippen LogP contribution in [0, 0.1) is 18.2 Å². The number of rotatable bonds is 5. The molecule has 1 amide bonds. The first kappa shape index (κ1) is 19.0. The molecule has 2 heterocycles. The minimum absolute atomic E-state index is 0.0594. The van der Waals surface area contributed by atoms with Crippen LogP contribution in [0.25, 0.3) is 11.1 Å². The fraction of sp³-hybridized carbons (Fsp3) is 0.174. The van der Waals surface area contributed by atoms with Gasteiger partial charge in [-0.15, -0.1) is 17.8 Å². The number of nitrogens with one attached hydrogen (secondary N) is 1. The van der Waals surface area contributed by atoms with Gasteiger partial charge in [0, 0.05) is 28.2 Å². The van der Waals surface area contributed by atoms with E-state index in [9.17, 15) is 9.18 Å². The molecule has 4 nitrogen and oxygen atoms in total. The number of thiophene rings is 1. The van der Waals surface area contributed by atoms with Crippen molar-refractivity contribution >= 4 is 22.9 Å². The van der Waals surface area contributed by atoms with Crippen molar-refractivity contribution in [3.05, 3.63) is 64.1 Å². The molecule has 0 bridgehead atoms. The normalized spacial score (nSPS) is 15.2. The Bertz CT molecular complexity index is 1100. The van der Waals surface area contributed by atoms with Crippen LogP contribution in [0.2, 0.25) is 0 Å². The maximum Gasteiger partial charge on any atom is 0.225 e. The van der Waals surface area contributed by atoms with E-state index in [0.29, 0.717) is 17.9 Å². The number of benzene rings is 2. The van der Waals surface area contributed by atoms with Crippen molar-refractivity contribution in [2.45, 2.75) is 12.3 Å². The monoisotopic (exact) mass is 407 g/mol. The van der Waals surface area contributed by atoms with Crippen LogP contribution in [0.15, 0.2) is 47.8 Å². The predicted octanol–water partition coefficient (Wildman–Crippen LogP) is 5.05. The first-order valence-electron chi connectivity index (χ1n) is 9.02. The summed E-state index contributed by atoms with van der Waals surface area (Å²) in [6.45, 7) is 0.150. The molecule has 0 spiro atoms. The summed E-state index contributed by atoms with van der Waals surface area (Å²) < 4.78 is 24.3. The fourth-order valence-electron chi connectivity index (χ4n) is 3.48. The van der Waals surface area contributed by atoms with Crippen molar-refractivity contribution in [2.24, 2.45) is 0 Å². The van der Waals surface area contributed by atoms with E-state index in [0.717, 1.165) is 27.3 Å². The quantitative estimate of drug-likeness (QED) is 0.602. The number of carbonyl (C=O) groups is 1. The van der Waals surface area contributed by atoms with E-state index in [-0.39, 0.29) is 24.2 Å². The van der Waals surface area contributed by atoms with Crippen LogP contribution < -0.4 is 14.8 Å². The average molecular weight is 407 g/mol. The first-order valence-corrected chi connectivity index (χ1v) is 9.90. The zero-order valence-corrected chi connectivity index (χ0v) is 16.5. The van der Waals surface area contributed by atoms with Crippen molar-refractivity contribution < 1.29 is 18.7 Å². The Balaban J connectivity index is 1.73. The molecule has 0 fully saturated rings. The molecule has 29 heavy (non-hydrogen) atoms. The van der Waals surface area contributed by atoms with Crippen LogP contribution in [-0.2, 0) is 4.79 Å². The minimum Gasteiger partial charge on any atom is -0.493 e. The van der Waals surface area contributed by atoms with Crippen LogP contribution in [0.1, 0.15) is 22.8 Å². The van der Waals surface area contributed by atoms with Gasteiger partial charge in [0.25, 0.3) is 0 Å². The molecule has 4 rings (SSSR count). The van der Waals surface area contributed by atoms with Crippen LogP contribution in [0.4, 0.5) is 10.1 Å². The third-order valence-electron chi connectivity index (χ3n) is 4.85. The second kappa shape index (κ2) is 7.98. The molecule has 146 valence electrons. The van der Waals surface area contributed by atoms with E-state index in [2.05, 4.69) is 11.2 Å². The second-order valence-electron chi connectivity index (χ2n) is 6.60. The molecule has 1 aliphatic heterocycles. The zero-order valence-electron chi connectivity index (χ0n) is 15.7. The number of fused-ring (bicyclic) bond motifs is 1. The van der Waals surface area contributed by atoms with Gasteiger partial charge in [0.05, 0.1) is 12.8 Å². The molecular formula is C23H18FNO3S. The molecule has 0 saturated heterocycles. The van der Waals surface area contributed by atoms with Gasteiger partial charge in [0.1, 0.15) is 12.4 Å². The molecule has 6 heteroatoms. The van der Waals surface area contributed by atoms with Crippen molar-refractivity contribution in [3.8, 4) is 35.0 Å². The number of ether oxygens (including phenoxy) is 2. The van der Waals surface area contributed by atoms with Crippen LogP contribution in [0.5, 0.6) is 11.5 Å². The molecule has 1 aromatic heterocycles. The fourth-order valence-corrected chi connectivity index (χ4v) is 4.64. The Hall–Kier alpha value is -3.30. The lowest BCUT2D eigenvalue weighted by atomic mass is 9.89. The highest BCUT2D eigenvalue weighted by molar-refractivity contribution is 7.11. The van der Waals surface area contributed by atoms with Gasteiger partial charge in [-0.3, -0.25) is 4.79 Å². The molecule has 0 unspecified atom stereocenters. The maximum atomic E-state index is 13.3. The van der Waals surface area contributed by atoms with Gasteiger partial charge in [-0.05, 0) is 35.4 Å². The summed E-state index contributed by atoms with van der Waals surface area (Å²) in [4.78, 5) is 13.5. The van der Waals surface area contributed by atoms with E-state index in [1.807, 2.05) is 23.6 Å². The Labute approximate surface area is 172 Å². The van der Waals surface area contributed by atoms with E-state index < -0.39 is 0 Å². The SMILES string of the molecule is C#CCOc1ccc([C@H]2CC(=O)Nc3c(-c4ccc(F)cc4)csc32)cc1OC. The number of halogens is 1. The molecule has 0 saturated carbocycles. The van der Waals surface area contributed by atoms with Crippen LogP contribution in [-0.4, -0.2) is 19.6 Å². The highest BCUT2D eigenvalue weighted by Crippen LogP contribution is 2.47.